The molecule has 0 N–H and O–H groups in total. The second kappa shape index (κ2) is 18.9. The van der Waals surface area contributed by atoms with Crippen molar-refractivity contribution in [3.05, 3.63) is 144 Å². The summed E-state index contributed by atoms with van der Waals surface area (Å²) in [6, 6.07) is 32.3. The molecule has 0 unspecified atom stereocenters. The van der Waals surface area contributed by atoms with E-state index >= 15 is 0 Å². The maximum Gasteiger partial charge on any atom is 4.00 e. The van der Waals surface area contributed by atoms with Gasteiger partial charge in [0.25, 0.3) is 0 Å². The van der Waals surface area contributed by atoms with Crippen molar-refractivity contribution in [3.8, 4) is 0 Å². The minimum absolute atomic E-state index is 0. The molecule has 9 heteroatoms. The molecule has 0 heterocycles. The minimum Gasteiger partial charge on any atom is -0.545 e. The Morgan fingerprint density at radius 1 is 0.324 bits per heavy atom. The van der Waals surface area contributed by atoms with Gasteiger partial charge in [-0.1, -0.05) is 121 Å². The first-order chi connectivity index (χ1) is 17.2. The third-order valence-electron chi connectivity index (χ3n) is 4.04. The first kappa shape index (κ1) is 32.6. The molecular weight excluding hydrogens is 643 g/mol. The number of carbonyl (C=O) groups is 4. The van der Waals surface area contributed by atoms with E-state index in [0.29, 0.717) is 0 Å². The molecule has 0 aliphatic rings. The van der Waals surface area contributed by atoms with E-state index in [4.69, 9.17) is 0 Å². The molecule has 0 amide bonds. The first-order valence-corrected chi connectivity index (χ1v) is 10.3. The molecule has 0 aromatic heterocycles. The third-order valence-corrected chi connectivity index (χ3v) is 4.04. The van der Waals surface area contributed by atoms with Gasteiger partial charge in [0.1, 0.15) is 0 Å². The van der Waals surface area contributed by atoms with Crippen molar-refractivity contribution in [2.45, 2.75) is 0 Å². The molecule has 0 spiro atoms. The summed E-state index contributed by atoms with van der Waals surface area (Å²) >= 11 is 0. The van der Waals surface area contributed by atoms with Crippen LogP contribution in [0.3, 0.4) is 0 Å². The largest absolute Gasteiger partial charge is 4.00 e. The van der Waals surface area contributed by atoms with E-state index in [2.05, 4.69) is 0 Å². The van der Waals surface area contributed by atoms with Gasteiger partial charge in [0.05, 0.1) is 23.9 Å². The molecule has 0 bridgehead atoms. The third kappa shape index (κ3) is 14.6. The van der Waals surface area contributed by atoms with Gasteiger partial charge >= 0.3 is 25.8 Å². The molecule has 4 aromatic carbocycles. The number of hydrogen-bond donors (Lipinski definition) is 0. The molecule has 4 rings (SSSR count). The van der Waals surface area contributed by atoms with E-state index < -0.39 is 23.9 Å². The minimum atomic E-state index is -1.13. The monoisotopic (exact) mass is 664 g/mol. The van der Waals surface area contributed by atoms with Crippen LogP contribution in [0.4, 0.5) is 0 Å². The van der Waals surface area contributed by atoms with E-state index in [1.165, 1.54) is 48.5 Å². The number of aromatic carboxylic acids is 4. The maximum atomic E-state index is 10.1. The summed E-state index contributed by atoms with van der Waals surface area (Å²) < 4.78 is 0. The molecule has 0 saturated carbocycles. The van der Waals surface area contributed by atoms with Crippen molar-refractivity contribution >= 4 is 23.9 Å². The number of carboxylic acid groups (broad SMARTS) is 4. The van der Waals surface area contributed by atoms with Crippen molar-refractivity contribution in [1.82, 2.24) is 0 Å². The normalized spacial score (nSPS) is 8.65. The van der Waals surface area contributed by atoms with E-state index in [-0.39, 0.29) is 48.1 Å². The summed E-state index contributed by atoms with van der Waals surface area (Å²) in [5, 5.41) is 40.4. The Morgan fingerprint density at radius 3 is 0.541 bits per heavy atom. The smallest absolute Gasteiger partial charge is 0.545 e. The molecule has 0 aliphatic heterocycles. The van der Waals surface area contributed by atoms with E-state index in [9.17, 15) is 39.6 Å². The fourth-order valence-electron chi connectivity index (χ4n) is 2.30. The van der Waals surface area contributed by atoms with Crippen molar-refractivity contribution in [2.75, 3.05) is 0 Å². The summed E-state index contributed by atoms with van der Waals surface area (Å²) in [7, 11) is 0. The zero-order chi connectivity index (χ0) is 26.8. The molecule has 0 radical (unpaired) electrons. The zero-order valence-corrected chi connectivity index (χ0v) is 22.9. The van der Waals surface area contributed by atoms with Crippen LogP contribution in [0.5, 0.6) is 0 Å². The topological polar surface area (TPSA) is 161 Å². The van der Waals surface area contributed by atoms with Gasteiger partial charge in [0.15, 0.2) is 0 Å². The van der Waals surface area contributed by atoms with Crippen molar-refractivity contribution in [2.24, 2.45) is 0 Å². The Morgan fingerprint density at radius 2 is 0.459 bits per heavy atom. The summed E-state index contributed by atoms with van der Waals surface area (Å²) in [6.45, 7) is 0. The molecule has 0 saturated heterocycles. The number of hydrogen-bond acceptors (Lipinski definition) is 8. The number of carboxylic acids is 4. The van der Waals surface area contributed by atoms with Crippen LogP contribution in [0.2, 0.25) is 0 Å². The van der Waals surface area contributed by atoms with Crippen LogP contribution in [0, 0.1) is 0 Å². The summed E-state index contributed by atoms with van der Waals surface area (Å²) in [4.78, 5) is 40.4. The zero-order valence-electron chi connectivity index (χ0n) is 19.3. The van der Waals surface area contributed by atoms with Gasteiger partial charge in [-0.25, -0.2) is 0 Å². The van der Waals surface area contributed by atoms with Crippen LogP contribution < -0.4 is 20.4 Å². The number of rotatable bonds is 4. The van der Waals surface area contributed by atoms with Crippen LogP contribution in [-0.4, -0.2) is 23.9 Å². The number of carbonyl (C=O) groups excluding carboxylic acids is 4. The fourth-order valence-corrected chi connectivity index (χ4v) is 2.30. The van der Waals surface area contributed by atoms with Gasteiger partial charge in [-0.05, 0) is 22.3 Å². The Hall–Kier alpha value is -4.37. The fraction of sp³-hybridized carbons (Fsp3) is 0. The van der Waals surface area contributed by atoms with E-state index in [1.807, 2.05) is 0 Å². The molecule has 0 aliphatic carbocycles. The van der Waals surface area contributed by atoms with Gasteiger partial charge in [-0.15, -0.1) is 0 Å². The van der Waals surface area contributed by atoms with Crippen molar-refractivity contribution in [1.29, 1.82) is 0 Å². The van der Waals surface area contributed by atoms with Crippen molar-refractivity contribution in [3.63, 3.8) is 0 Å². The summed E-state index contributed by atoms with van der Waals surface area (Å²) in [5.41, 5.74) is 0.880. The van der Waals surface area contributed by atoms with Crippen LogP contribution in [0.1, 0.15) is 41.4 Å². The quantitative estimate of drug-likeness (QED) is 0.280. The van der Waals surface area contributed by atoms with Crippen LogP contribution in [-0.2, 0) is 25.8 Å². The molecule has 0 atom stereocenters. The number of benzene rings is 4. The van der Waals surface area contributed by atoms with Gasteiger partial charge < -0.3 is 39.6 Å². The van der Waals surface area contributed by atoms with Crippen LogP contribution >= 0.6 is 0 Å². The SMILES string of the molecule is O=C([O-])c1ccccc1.O=C([O-])c1ccccc1.O=C([O-])c1ccccc1.O=C([O-])c1ccccc1.[Hf+4]. The second-order valence-electron chi connectivity index (χ2n) is 6.61. The average molecular weight is 663 g/mol. The maximum absolute atomic E-state index is 10.1. The Kier molecular flexibility index (Phi) is 16.7. The Labute approximate surface area is 232 Å². The van der Waals surface area contributed by atoms with Gasteiger partial charge in [-0.2, -0.15) is 0 Å². The molecule has 37 heavy (non-hydrogen) atoms. The summed E-state index contributed by atoms with van der Waals surface area (Å²) in [6.07, 6.45) is 0. The van der Waals surface area contributed by atoms with Gasteiger partial charge in [0, 0.05) is 0 Å². The predicted molar refractivity (Wildman–Crippen MR) is 123 cm³/mol. The summed E-state index contributed by atoms with van der Waals surface area (Å²) in [5.74, 6) is -4.52. The van der Waals surface area contributed by atoms with Gasteiger partial charge in [0.2, 0.25) is 0 Å². The second-order valence-corrected chi connectivity index (χ2v) is 6.61. The molecule has 8 nitrogen and oxygen atoms in total. The van der Waals surface area contributed by atoms with Crippen molar-refractivity contribution < 1.29 is 65.4 Å². The Bertz CT molecular complexity index is 1020. The Balaban J connectivity index is 0.000000463. The first-order valence-electron chi connectivity index (χ1n) is 10.3. The van der Waals surface area contributed by atoms with Crippen LogP contribution in [0.25, 0.3) is 0 Å². The molecule has 4 aromatic rings. The standard InChI is InChI=1S/4C7H6O2.Hf/c4*8-7(9)6-4-2-1-3-5-6;/h4*1-5H,(H,8,9);/q;;;;+4/p-4. The average Bonchev–Trinajstić information content (AvgIpc) is 2.92. The predicted octanol–water partition coefficient (Wildman–Crippen LogP) is 0.198. The van der Waals surface area contributed by atoms with Gasteiger partial charge in [-0.3, -0.25) is 0 Å². The molecule has 0 fully saturated rings. The van der Waals surface area contributed by atoms with E-state index in [0.717, 1.165) is 0 Å². The molecular formula is C28H20HfO8. The van der Waals surface area contributed by atoms with Crippen LogP contribution in [0.15, 0.2) is 121 Å². The van der Waals surface area contributed by atoms with E-state index in [1.54, 1.807) is 72.8 Å². The molecule has 184 valence electrons.